The van der Waals surface area contributed by atoms with Gasteiger partial charge in [-0.15, -0.1) is 0 Å². The number of piperidine rings is 1. The number of amides is 1. The van der Waals surface area contributed by atoms with E-state index in [-0.39, 0.29) is 17.0 Å². The predicted molar refractivity (Wildman–Crippen MR) is 202 cm³/mol. The molecule has 0 bridgehead atoms. The molecule has 0 saturated carbocycles. The van der Waals surface area contributed by atoms with Gasteiger partial charge in [0.25, 0.3) is 11.5 Å². The SMILES string of the molecule is CCCCCCCCCCCCN1C(=O)/C(=C\c2c(C)c(C#N)c(=O)n(CCCC)c2N2CCC(Cc3ccccc3)CC2)SC1=S. The fourth-order valence-electron chi connectivity index (χ4n) is 6.89. The number of unbranched alkanes of at least 4 members (excludes halogenated alkanes) is 10. The molecule has 8 heteroatoms. The van der Waals surface area contributed by atoms with E-state index in [4.69, 9.17) is 12.2 Å². The van der Waals surface area contributed by atoms with E-state index in [2.05, 4.69) is 55.1 Å². The first-order valence-corrected chi connectivity index (χ1v) is 19.3. The van der Waals surface area contributed by atoms with E-state index in [1.54, 1.807) is 4.90 Å². The van der Waals surface area contributed by atoms with Gasteiger partial charge in [0.15, 0.2) is 0 Å². The van der Waals surface area contributed by atoms with E-state index in [1.165, 1.54) is 68.7 Å². The zero-order valence-corrected chi connectivity index (χ0v) is 30.5. The first kappa shape index (κ1) is 36.9. The number of pyridine rings is 1. The van der Waals surface area contributed by atoms with Crippen molar-refractivity contribution in [3.63, 3.8) is 0 Å². The summed E-state index contributed by atoms with van der Waals surface area (Å²) in [6.45, 7) is 9.06. The van der Waals surface area contributed by atoms with Crippen molar-refractivity contribution in [2.45, 2.75) is 124 Å². The lowest BCUT2D eigenvalue weighted by Crippen LogP contribution is -2.40. The zero-order chi connectivity index (χ0) is 33.6. The maximum atomic E-state index is 13.7. The summed E-state index contributed by atoms with van der Waals surface area (Å²) in [5.74, 6) is 1.36. The third-order valence-corrected chi connectivity index (χ3v) is 11.1. The zero-order valence-electron chi connectivity index (χ0n) is 28.9. The van der Waals surface area contributed by atoms with Crippen LogP contribution in [-0.4, -0.2) is 39.3 Å². The van der Waals surface area contributed by atoms with Crippen LogP contribution in [0.3, 0.4) is 0 Å². The molecule has 3 heterocycles. The molecule has 4 rings (SSSR count). The Labute approximate surface area is 292 Å². The number of carbonyl (C=O) groups excluding carboxylic acids is 1. The van der Waals surface area contributed by atoms with Gasteiger partial charge >= 0.3 is 0 Å². The Balaban J connectivity index is 1.50. The maximum Gasteiger partial charge on any atom is 0.270 e. The van der Waals surface area contributed by atoms with E-state index < -0.39 is 0 Å². The predicted octanol–water partition coefficient (Wildman–Crippen LogP) is 9.41. The lowest BCUT2D eigenvalue weighted by atomic mass is 9.90. The number of nitrogens with zero attached hydrogens (tertiary/aromatic N) is 4. The van der Waals surface area contributed by atoms with Crippen LogP contribution in [0.5, 0.6) is 0 Å². The molecule has 2 saturated heterocycles. The summed E-state index contributed by atoms with van der Waals surface area (Å²) in [6, 6.07) is 12.8. The van der Waals surface area contributed by atoms with E-state index in [1.807, 2.05) is 17.6 Å². The maximum absolute atomic E-state index is 13.7. The summed E-state index contributed by atoms with van der Waals surface area (Å²) in [6.07, 6.45) is 19.2. The lowest BCUT2D eigenvalue weighted by Gasteiger charge is -2.36. The standard InChI is InChI=1S/C39H54N4O2S2/c1-4-6-8-9-10-11-12-13-14-18-24-43-38(45)35(47-39(43)46)28-33-30(3)34(29-40)37(44)42(23-7-5-2)36(33)41-25-21-32(22-26-41)27-31-19-16-15-17-20-31/h15-17,19-20,28,32H,4-14,18,21-27H2,1-3H3/b35-28+. The van der Waals surface area contributed by atoms with Gasteiger partial charge in [-0.3, -0.25) is 19.1 Å². The fraction of sp³-hybridized carbons (Fsp3) is 0.590. The number of thiocarbonyl (C=S) groups is 1. The number of hydrogen-bond acceptors (Lipinski definition) is 6. The molecule has 1 aromatic heterocycles. The van der Waals surface area contributed by atoms with Crippen LogP contribution in [0.2, 0.25) is 0 Å². The van der Waals surface area contributed by atoms with E-state index >= 15 is 0 Å². The fourth-order valence-corrected chi connectivity index (χ4v) is 8.18. The highest BCUT2D eigenvalue weighted by atomic mass is 32.2. The van der Waals surface area contributed by atoms with Crippen molar-refractivity contribution in [1.29, 1.82) is 5.26 Å². The second-order valence-corrected chi connectivity index (χ2v) is 15.0. The van der Waals surface area contributed by atoms with Crippen LogP contribution < -0.4 is 10.5 Å². The van der Waals surface area contributed by atoms with Crippen molar-refractivity contribution in [2.75, 3.05) is 24.5 Å². The van der Waals surface area contributed by atoms with Gasteiger partial charge in [0, 0.05) is 31.7 Å². The molecule has 6 nitrogen and oxygen atoms in total. The van der Waals surface area contributed by atoms with Crippen molar-refractivity contribution < 1.29 is 4.79 Å². The van der Waals surface area contributed by atoms with Gasteiger partial charge in [0.1, 0.15) is 21.8 Å². The van der Waals surface area contributed by atoms with Crippen LogP contribution in [0.15, 0.2) is 40.0 Å². The van der Waals surface area contributed by atoms with E-state index in [0.717, 1.165) is 69.4 Å². The highest BCUT2D eigenvalue weighted by Gasteiger charge is 2.33. The first-order chi connectivity index (χ1) is 22.9. The largest absolute Gasteiger partial charge is 0.357 e. The first-order valence-electron chi connectivity index (χ1n) is 18.1. The van der Waals surface area contributed by atoms with E-state index in [0.29, 0.717) is 33.8 Å². The summed E-state index contributed by atoms with van der Waals surface area (Å²) in [5, 5.41) is 10.1. The third kappa shape index (κ3) is 10.1. The number of thioether (sulfide) groups is 1. The van der Waals surface area contributed by atoms with Gasteiger partial charge in [0.2, 0.25) is 0 Å². The van der Waals surface area contributed by atoms with Crippen molar-refractivity contribution in [2.24, 2.45) is 5.92 Å². The van der Waals surface area contributed by atoms with E-state index in [9.17, 15) is 14.9 Å². The van der Waals surface area contributed by atoms with Crippen LogP contribution in [-0.2, 0) is 17.8 Å². The quantitative estimate of drug-likeness (QED) is 0.0892. The van der Waals surface area contributed by atoms with Gasteiger partial charge < -0.3 is 4.90 Å². The second-order valence-electron chi connectivity index (χ2n) is 13.3. The molecular weight excluding hydrogens is 621 g/mol. The highest BCUT2D eigenvalue weighted by Crippen LogP contribution is 2.37. The molecule has 2 fully saturated rings. The highest BCUT2D eigenvalue weighted by molar-refractivity contribution is 8.26. The third-order valence-electron chi connectivity index (χ3n) is 9.75. The molecule has 2 aromatic rings. The van der Waals surface area contributed by atoms with Gasteiger partial charge in [-0.25, -0.2) is 0 Å². The molecule has 0 N–H and O–H groups in total. The Morgan fingerprint density at radius 3 is 2.13 bits per heavy atom. The number of carbonyl (C=O) groups is 1. The van der Waals surface area contributed by atoms with Crippen LogP contribution >= 0.6 is 24.0 Å². The Morgan fingerprint density at radius 2 is 1.51 bits per heavy atom. The molecule has 0 radical (unpaired) electrons. The molecule has 0 atom stereocenters. The lowest BCUT2D eigenvalue weighted by molar-refractivity contribution is -0.122. The average molecular weight is 675 g/mol. The Hall–Kier alpha value is -2.89. The normalized spacial score (nSPS) is 16.4. The number of anilines is 1. The molecule has 0 aliphatic carbocycles. The Kier molecular flexibility index (Phi) is 15.1. The summed E-state index contributed by atoms with van der Waals surface area (Å²) in [5.41, 5.74) is 2.74. The summed E-state index contributed by atoms with van der Waals surface area (Å²) >= 11 is 7.05. The number of rotatable bonds is 18. The second kappa shape index (κ2) is 19.2. The number of benzene rings is 1. The van der Waals surface area contributed by atoms with Crippen molar-refractivity contribution in [3.8, 4) is 6.07 Å². The molecule has 47 heavy (non-hydrogen) atoms. The number of nitriles is 1. The minimum Gasteiger partial charge on any atom is -0.357 e. The van der Waals surface area contributed by atoms with Gasteiger partial charge in [-0.05, 0) is 62.1 Å². The molecule has 1 amide bonds. The summed E-state index contributed by atoms with van der Waals surface area (Å²) in [7, 11) is 0. The molecule has 2 aliphatic rings. The Morgan fingerprint density at radius 1 is 0.894 bits per heavy atom. The van der Waals surface area contributed by atoms with Gasteiger partial charge in [-0.2, -0.15) is 5.26 Å². The molecule has 254 valence electrons. The monoisotopic (exact) mass is 674 g/mol. The van der Waals surface area contributed by atoms with Crippen molar-refractivity contribution >= 4 is 46.1 Å². The molecule has 0 unspecified atom stereocenters. The van der Waals surface area contributed by atoms with Crippen LogP contribution in [0.1, 0.15) is 126 Å². The molecule has 0 spiro atoms. The van der Waals surface area contributed by atoms with Crippen LogP contribution in [0.4, 0.5) is 5.82 Å². The minimum atomic E-state index is -0.231. The average Bonchev–Trinajstić information content (AvgIpc) is 3.34. The topological polar surface area (TPSA) is 69.3 Å². The molecular formula is C39H54N4O2S2. The number of hydrogen-bond donors (Lipinski definition) is 0. The van der Waals surface area contributed by atoms with Crippen molar-refractivity contribution in [3.05, 3.63) is 67.8 Å². The summed E-state index contributed by atoms with van der Waals surface area (Å²) in [4.78, 5) is 32.1. The minimum absolute atomic E-state index is 0.0624. The van der Waals surface area contributed by atoms with Gasteiger partial charge in [-0.1, -0.05) is 132 Å². The number of aromatic nitrogens is 1. The van der Waals surface area contributed by atoms with Gasteiger partial charge in [0.05, 0.1) is 4.91 Å². The Bertz CT molecular complexity index is 1470. The van der Waals surface area contributed by atoms with Crippen LogP contribution in [0.25, 0.3) is 6.08 Å². The summed E-state index contributed by atoms with van der Waals surface area (Å²) < 4.78 is 2.40. The van der Waals surface area contributed by atoms with Crippen molar-refractivity contribution in [1.82, 2.24) is 9.47 Å². The molecule has 2 aliphatic heterocycles. The smallest absolute Gasteiger partial charge is 0.270 e. The molecule has 1 aromatic carbocycles. The van der Waals surface area contributed by atoms with Crippen LogP contribution in [0, 0.1) is 24.2 Å².